The number of halogens is 1. The molecule has 0 radical (unpaired) electrons. The average molecular weight is 365 g/mol. The monoisotopic (exact) mass is 364 g/mol. The number of ether oxygens (including phenoxy) is 1. The molecule has 110 valence electrons. The number of thiocarbonyl (C=S) groups is 1. The van der Waals surface area contributed by atoms with E-state index in [1.54, 1.807) is 6.20 Å². The van der Waals surface area contributed by atoms with E-state index >= 15 is 0 Å². The number of nitrogens with zero attached hydrogens (tertiary/aromatic N) is 1. The third-order valence-corrected chi connectivity index (χ3v) is 3.79. The number of pyridine rings is 1. The maximum atomic E-state index is 5.95. The van der Waals surface area contributed by atoms with Crippen molar-refractivity contribution in [1.82, 2.24) is 4.98 Å². The highest BCUT2D eigenvalue weighted by atomic mass is 79.9. The summed E-state index contributed by atoms with van der Waals surface area (Å²) < 4.78 is 7.00. The summed E-state index contributed by atoms with van der Waals surface area (Å²) in [6, 6.07) is 9.80. The normalized spacial score (nSPS) is 10.7. The number of nitrogens with two attached hydrogens (primary N) is 1. The lowest BCUT2D eigenvalue weighted by molar-refractivity contribution is 0.301. The van der Waals surface area contributed by atoms with Gasteiger partial charge in [0.15, 0.2) is 0 Å². The predicted octanol–water partition coefficient (Wildman–Crippen LogP) is 4.18. The third-order valence-electron chi connectivity index (χ3n) is 3.10. The zero-order chi connectivity index (χ0) is 15.4. The van der Waals surface area contributed by atoms with Gasteiger partial charge in [-0.15, -0.1) is 0 Å². The van der Waals surface area contributed by atoms with E-state index in [1.165, 1.54) is 0 Å². The van der Waals surface area contributed by atoms with E-state index in [-0.39, 0.29) is 4.99 Å². The molecule has 0 bridgehead atoms. The first-order chi connectivity index (χ1) is 9.99. The van der Waals surface area contributed by atoms with Crippen LogP contribution in [0, 0.1) is 0 Å². The van der Waals surface area contributed by atoms with E-state index in [0.29, 0.717) is 18.2 Å². The molecule has 5 heteroatoms. The highest BCUT2D eigenvalue weighted by molar-refractivity contribution is 9.10. The highest BCUT2D eigenvalue weighted by Crippen LogP contribution is 2.30. The summed E-state index contributed by atoms with van der Waals surface area (Å²) in [7, 11) is 0. The molecule has 0 unspecified atom stereocenters. The fraction of sp³-hybridized carbons (Fsp3) is 0.250. The Balaban J connectivity index is 2.23. The molecule has 2 aromatic rings. The van der Waals surface area contributed by atoms with Crippen molar-refractivity contribution < 1.29 is 4.74 Å². The van der Waals surface area contributed by atoms with E-state index in [1.807, 2.05) is 24.3 Å². The van der Waals surface area contributed by atoms with Crippen molar-refractivity contribution in [2.75, 3.05) is 0 Å². The Morgan fingerprint density at radius 3 is 2.81 bits per heavy atom. The van der Waals surface area contributed by atoms with Gasteiger partial charge in [-0.3, -0.25) is 4.98 Å². The van der Waals surface area contributed by atoms with Gasteiger partial charge in [-0.25, -0.2) is 0 Å². The smallest absolute Gasteiger partial charge is 0.123 e. The van der Waals surface area contributed by atoms with Crippen LogP contribution in [0.4, 0.5) is 0 Å². The van der Waals surface area contributed by atoms with Gasteiger partial charge in [-0.05, 0) is 35.7 Å². The molecule has 0 aliphatic rings. The lowest BCUT2D eigenvalue weighted by atomic mass is 10.0. The maximum Gasteiger partial charge on any atom is 0.123 e. The number of aromatic nitrogens is 1. The zero-order valence-corrected chi connectivity index (χ0v) is 14.4. The molecule has 0 amide bonds. The standard InChI is InChI=1S/C16H17BrN2OS/c1-10(2)13-8-12(17)5-6-14(13)20-9-11-4-3-7-19-15(11)16(18)21/h3-8,10H,9H2,1-2H3,(H2,18,21). The average Bonchev–Trinajstić information content (AvgIpc) is 2.46. The summed E-state index contributed by atoms with van der Waals surface area (Å²) in [6.45, 7) is 4.67. The minimum Gasteiger partial charge on any atom is -0.489 e. The molecule has 0 atom stereocenters. The van der Waals surface area contributed by atoms with Crippen LogP contribution in [0.3, 0.4) is 0 Å². The summed E-state index contributed by atoms with van der Waals surface area (Å²) >= 11 is 8.51. The first-order valence-electron chi connectivity index (χ1n) is 6.65. The fourth-order valence-corrected chi connectivity index (χ4v) is 2.60. The van der Waals surface area contributed by atoms with Crippen molar-refractivity contribution in [1.29, 1.82) is 0 Å². The van der Waals surface area contributed by atoms with Crippen LogP contribution in [0.2, 0.25) is 0 Å². The molecule has 0 aliphatic heterocycles. The van der Waals surface area contributed by atoms with Crippen molar-refractivity contribution in [2.45, 2.75) is 26.4 Å². The van der Waals surface area contributed by atoms with Crippen molar-refractivity contribution in [3.8, 4) is 5.75 Å². The Morgan fingerprint density at radius 2 is 2.14 bits per heavy atom. The Hall–Kier alpha value is -1.46. The van der Waals surface area contributed by atoms with Crippen LogP contribution in [-0.4, -0.2) is 9.97 Å². The second-order valence-corrected chi connectivity index (χ2v) is 6.36. The number of hydrogen-bond donors (Lipinski definition) is 1. The second-order valence-electron chi connectivity index (χ2n) is 5.00. The Kier molecular flexibility index (Phi) is 5.31. The van der Waals surface area contributed by atoms with Crippen molar-refractivity contribution in [3.63, 3.8) is 0 Å². The lowest BCUT2D eigenvalue weighted by Gasteiger charge is -2.15. The van der Waals surface area contributed by atoms with Crippen LogP contribution in [0.25, 0.3) is 0 Å². The zero-order valence-electron chi connectivity index (χ0n) is 12.0. The van der Waals surface area contributed by atoms with E-state index in [4.69, 9.17) is 22.7 Å². The number of hydrogen-bond acceptors (Lipinski definition) is 3. The molecule has 2 N–H and O–H groups in total. The molecule has 21 heavy (non-hydrogen) atoms. The summed E-state index contributed by atoms with van der Waals surface area (Å²) in [5.74, 6) is 1.24. The number of benzene rings is 1. The minimum absolute atomic E-state index is 0.286. The molecule has 2 rings (SSSR count). The molecule has 0 aliphatic carbocycles. The first-order valence-corrected chi connectivity index (χ1v) is 7.85. The molecule has 0 saturated carbocycles. The highest BCUT2D eigenvalue weighted by Gasteiger charge is 2.11. The molecule has 3 nitrogen and oxygen atoms in total. The van der Waals surface area contributed by atoms with Crippen molar-refractivity contribution in [3.05, 3.63) is 57.8 Å². The van der Waals surface area contributed by atoms with Crippen LogP contribution >= 0.6 is 28.1 Å². The quantitative estimate of drug-likeness (QED) is 0.808. The van der Waals surface area contributed by atoms with Crippen molar-refractivity contribution in [2.24, 2.45) is 5.73 Å². The topological polar surface area (TPSA) is 48.1 Å². The SMILES string of the molecule is CC(C)c1cc(Br)ccc1OCc1cccnc1C(N)=S. The molecule has 1 aromatic heterocycles. The molecule has 1 heterocycles. The first kappa shape index (κ1) is 15.9. The van der Waals surface area contributed by atoms with Crippen molar-refractivity contribution >= 4 is 33.1 Å². The Bertz CT molecular complexity index is 658. The van der Waals surface area contributed by atoms with E-state index < -0.39 is 0 Å². The van der Waals surface area contributed by atoms with Crippen LogP contribution in [0.5, 0.6) is 5.75 Å². The minimum atomic E-state index is 0.286. The molecule has 0 spiro atoms. The van der Waals surface area contributed by atoms with Gasteiger partial charge in [0.25, 0.3) is 0 Å². The van der Waals surface area contributed by atoms with Gasteiger partial charge in [0.2, 0.25) is 0 Å². The maximum absolute atomic E-state index is 5.95. The summed E-state index contributed by atoms with van der Waals surface area (Å²) in [6.07, 6.45) is 1.68. The van der Waals surface area contributed by atoms with Gasteiger partial charge in [-0.2, -0.15) is 0 Å². The van der Waals surface area contributed by atoms with Gasteiger partial charge < -0.3 is 10.5 Å². The Morgan fingerprint density at radius 1 is 1.38 bits per heavy atom. The Labute approximate surface area is 138 Å². The van der Waals surface area contributed by atoms with Crippen LogP contribution in [0.1, 0.15) is 36.6 Å². The predicted molar refractivity (Wildman–Crippen MR) is 92.7 cm³/mol. The molecule has 0 saturated heterocycles. The fourth-order valence-electron chi connectivity index (χ4n) is 2.03. The molecule has 1 aromatic carbocycles. The van der Waals surface area contributed by atoms with E-state index in [9.17, 15) is 0 Å². The van der Waals surface area contributed by atoms with Gasteiger partial charge in [0.05, 0.1) is 0 Å². The molecular formula is C16H17BrN2OS. The van der Waals surface area contributed by atoms with Gasteiger partial charge in [0, 0.05) is 16.2 Å². The van der Waals surface area contributed by atoms with Gasteiger partial charge >= 0.3 is 0 Å². The summed E-state index contributed by atoms with van der Waals surface area (Å²) in [5, 5.41) is 0. The van der Waals surface area contributed by atoms with E-state index in [0.717, 1.165) is 21.3 Å². The lowest BCUT2D eigenvalue weighted by Crippen LogP contribution is -2.15. The van der Waals surface area contributed by atoms with Gasteiger partial charge in [0.1, 0.15) is 23.0 Å². The second kappa shape index (κ2) is 7.00. The summed E-state index contributed by atoms with van der Waals surface area (Å²) in [4.78, 5) is 4.49. The molecule has 0 fully saturated rings. The van der Waals surface area contributed by atoms with Gasteiger partial charge in [-0.1, -0.05) is 48.1 Å². The number of rotatable bonds is 5. The summed E-state index contributed by atoms with van der Waals surface area (Å²) in [5.41, 5.74) is 8.36. The van der Waals surface area contributed by atoms with Crippen LogP contribution < -0.4 is 10.5 Å². The largest absolute Gasteiger partial charge is 0.489 e. The molecular weight excluding hydrogens is 348 g/mol. The van der Waals surface area contributed by atoms with E-state index in [2.05, 4.69) is 40.8 Å². The van der Waals surface area contributed by atoms with Crippen LogP contribution in [-0.2, 0) is 6.61 Å². The van der Waals surface area contributed by atoms with Crippen LogP contribution in [0.15, 0.2) is 41.0 Å². The third kappa shape index (κ3) is 4.02.